The lowest BCUT2D eigenvalue weighted by molar-refractivity contribution is -0.157. The number of nitrogens with two attached hydrogens (primary N) is 1. The van der Waals surface area contributed by atoms with Crippen molar-refractivity contribution in [3.63, 3.8) is 0 Å². The highest BCUT2D eigenvalue weighted by Crippen LogP contribution is 2.10. The molecule has 0 aliphatic rings. The van der Waals surface area contributed by atoms with Gasteiger partial charge < -0.3 is 10.5 Å². The SMILES string of the molecule is CC(C)(C)OC(=O)[C@@H](N)CC(F)F. The van der Waals surface area contributed by atoms with E-state index in [0.29, 0.717) is 0 Å². The van der Waals surface area contributed by atoms with Crippen LogP contribution in [0, 0.1) is 0 Å². The van der Waals surface area contributed by atoms with Gasteiger partial charge in [0, 0.05) is 6.42 Å². The summed E-state index contributed by atoms with van der Waals surface area (Å²) in [4.78, 5) is 11.0. The molecule has 0 spiro atoms. The first-order chi connectivity index (χ1) is 5.72. The van der Waals surface area contributed by atoms with Crippen LogP contribution in [-0.2, 0) is 9.53 Å². The van der Waals surface area contributed by atoms with E-state index in [4.69, 9.17) is 10.5 Å². The van der Waals surface area contributed by atoms with E-state index in [0.717, 1.165) is 0 Å². The number of alkyl halides is 2. The second-order valence-electron chi connectivity index (χ2n) is 3.77. The van der Waals surface area contributed by atoms with Crippen molar-refractivity contribution in [1.82, 2.24) is 0 Å². The summed E-state index contributed by atoms with van der Waals surface area (Å²) in [7, 11) is 0. The lowest BCUT2D eigenvalue weighted by atomic mass is 10.1. The Bertz CT molecular complexity index is 177. The van der Waals surface area contributed by atoms with Gasteiger partial charge in [0.2, 0.25) is 6.43 Å². The summed E-state index contributed by atoms with van der Waals surface area (Å²) in [5.74, 6) is -0.784. The molecule has 0 saturated heterocycles. The van der Waals surface area contributed by atoms with Gasteiger partial charge in [0.1, 0.15) is 11.6 Å². The van der Waals surface area contributed by atoms with Crippen molar-refractivity contribution in [2.75, 3.05) is 0 Å². The molecule has 0 unspecified atom stereocenters. The number of ether oxygens (including phenoxy) is 1. The summed E-state index contributed by atoms with van der Waals surface area (Å²) in [6, 6.07) is -1.24. The lowest BCUT2D eigenvalue weighted by Gasteiger charge is -2.21. The lowest BCUT2D eigenvalue weighted by Crippen LogP contribution is -2.38. The monoisotopic (exact) mass is 195 g/mol. The number of carbonyl (C=O) groups is 1. The van der Waals surface area contributed by atoms with E-state index in [-0.39, 0.29) is 0 Å². The number of rotatable bonds is 3. The average Bonchev–Trinajstić information content (AvgIpc) is 1.81. The van der Waals surface area contributed by atoms with E-state index in [1.165, 1.54) is 0 Å². The number of esters is 1. The van der Waals surface area contributed by atoms with Crippen LogP contribution < -0.4 is 5.73 Å². The summed E-state index contributed by atoms with van der Waals surface area (Å²) < 4.78 is 28.4. The zero-order valence-corrected chi connectivity index (χ0v) is 8.01. The van der Waals surface area contributed by atoms with Crippen LogP contribution >= 0.6 is 0 Å². The van der Waals surface area contributed by atoms with Crippen LogP contribution in [0.15, 0.2) is 0 Å². The highest BCUT2D eigenvalue weighted by Gasteiger charge is 2.24. The van der Waals surface area contributed by atoms with Gasteiger partial charge in [-0.1, -0.05) is 0 Å². The van der Waals surface area contributed by atoms with Gasteiger partial charge in [0.25, 0.3) is 0 Å². The minimum absolute atomic E-state index is 0.658. The van der Waals surface area contributed by atoms with E-state index in [9.17, 15) is 13.6 Å². The molecule has 0 saturated carbocycles. The van der Waals surface area contributed by atoms with Crippen LogP contribution in [0.3, 0.4) is 0 Å². The molecule has 0 rings (SSSR count). The van der Waals surface area contributed by atoms with Crippen molar-refractivity contribution >= 4 is 5.97 Å². The molecule has 0 aromatic rings. The Hall–Kier alpha value is -0.710. The third-order valence-corrected chi connectivity index (χ3v) is 1.14. The van der Waals surface area contributed by atoms with Crippen molar-refractivity contribution in [1.29, 1.82) is 0 Å². The summed E-state index contributed by atoms with van der Waals surface area (Å²) >= 11 is 0. The maximum absolute atomic E-state index is 11.8. The van der Waals surface area contributed by atoms with E-state index < -0.39 is 30.5 Å². The smallest absolute Gasteiger partial charge is 0.323 e. The molecule has 0 heterocycles. The quantitative estimate of drug-likeness (QED) is 0.691. The van der Waals surface area contributed by atoms with Gasteiger partial charge in [-0.3, -0.25) is 4.79 Å². The fraction of sp³-hybridized carbons (Fsp3) is 0.875. The summed E-state index contributed by atoms with van der Waals surface area (Å²) in [5.41, 5.74) is 4.49. The zero-order valence-electron chi connectivity index (χ0n) is 8.01. The largest absolute Gasteiger partial charge is 0.459 e. The van der Waals surface area contributed by atoms with Crippen molar-refractivity contribution in [2.24, 2.45) is 5.73 Å². The van der Waals surface area contributed by atoms with Crippen LogP contribution in [-0.4, -0.2) is 24.0 Å². The molecule has 5 heteroatoms. The molecule has 0 aliphatic carbocycles. The molecule has 78 valence electrons. The Morgan fingerprint density at radius 3 is 2.23 bits per heavy atom. The van der Waals surface area contributed by atoms with E-state index in [1.807, 2.05) is 0 Å². The van der Waals surface area contributed by atoms with Gasteiger partial charge in [0.05, 0.1) is 0 Å². The third-order valence-electron chi connectivity index (χ3n) is 1.14. The normalized spacial score (nSPS) is 14.4. The molecular formula is C8H15F2NO2. The van der Waals surface area contributed by atoms with Crippen LogP contribution in [0.5, 0.6) is 0 Å². The summed E-state index contributed by atoms with van der Waals surface area (Å²) in [5, 5.41) is 0. The van der Waals surface area contributed by atoms with Crippen LogP contribution in [0.1, 0.15) is 27.2 Å². The van der Waals surface area contributed by atoms with E-state index >= 15 is 0 Å². The molecule has 2 N–H and O–H groups in total. The maximum atomic E-state index is 11.8. The predicted octanol–water partition coefficient (Wildman–Crippen LogP) is 1.31. The Morgan fingerprint density at radius 1 is 1.46 bits per heavy atom. The minimum Gasteiger partial charge on any atom is -0.459 e. The fourth-order valence-corrected chi connectivity index (χ4v) is 0.666. The van der Waals surface area contributed by atoms with Crippen molar-refractivity contribution in [3.05, 3.63) is 0 Å². The number of halogens is 2. The van der Waals surface area contributed by atoms with Gasteiger partial charge in [-0.25, -0.2) is 8.78 Å². The molecule has 3 nitrogen and oxygen atoms in total. The van der Waals surface area contributed by atoms with Gasteiger partial charge in [-0.2, -0.15) is 0 Å². The molecule has 0 aromatic heterocycles. The first-order valence-corrected chi connectivity index (χ1v) is 3.99. The summed E-state index contributed by atoms with van der Waals surface area (Å²) in [6.45, 7) is 4.96. The van der Waals surface area contributed by atoms with Gasteiger partial charge in [-0.05, 0) is 20.8 Å². The van der Waals surface area contributed by atoms with E-state index in [2.05, 4.69) is 0 Å². The molecule has 1 atom stereocenters. The van der Waals surface area contributed by atoms with Gasteiger partial charge >= 0.3 is 5.97 Å². The third kappa shape index (κ3) is 6.45. The van der Waals surface area contributed by atoms with Crippen LogP contribution in [0.2, 0.25) is 0 Å². The maximum Gasteiger partial charge on any atom is 0.323 e. The Balaban J connectivity index is 3.97. The topological polar surface area (TPSA) is 52.3 Å². The molecule has 0 aliphatic heterocycles. The molecular weight excluding hydrogens is 180 g/mol. The Labute approximate surface area is 76.2 Å². The highest BCUT2D eigenvalue weighted by molar-refractivity contribution is 5.75. The number of hydrogen-bond donors (Lipinski definition) is 1. The van der Waals surface area contributed by atoms with Crippen molar-refractivity contribution in [3.8, 4) is 0 Å². The minimum atomic E-state index is -2.58. The van der Waals surface area contributed by atoms with Crippen LogP contribution in [0.4, 0.5) is 8.78 Å². The molecule has 0 amide bonds. The highest BCUT2D eigenvalue weighted by atomic mass is 19.3. The predicted molar refractivity (Wildman–Crippen MR) is 44.4 cm³/mol. The van der Waals surface area contributed by atoms with E-state index in [1.54, 1.807) is 20.8 Å². The molecule has 0 aromatic carbocycles. The van der Waals surface area contributed by atoms with Gasteiger partial charge in [-0.15, -0.1) is 0 Å². The second-order valence-corrected chi connectivity index (χ2v) is 3.77. The molecule has 0 fully saturated rings. The standard InChI is InChI=1S/C8H15F2NO2/c1-8(2,3)13-7(12)5(11)4-6(9)10/h5-6H,4,11H2,1-3H3/t5-/m0/s1. The van der Waals surface area contributed by atoms with Gasteiger partial charge in [0.15, 0.2) is 0 Å². The average molecular weight is 195 g/mol. The Kier molecular flexibility index (Phi) is 4.26. The summed E-state index contributed by atoms with van der Waals surface area (Å²) in [6.07, 6.45) is -3.24. The molecule has 0 bridgehead atoms. The second kappa shape index (κ2) is 4.50. The Morgan fingerprint density at radius 2 is 1.92 bits per heavy atom. The fourth-order valence-electron chi connectivity index (χ4n) is 0.666. The first-order valence-electron chi connectivity index (χ1n) is 3.99. The van der Waals surface area contributed by atoms with Crippen molar-refractivity contribution in [2.45, 2.75) is 45.3 Å². The number of carbonyl (C=O) groups excluding carboxylic acids is 1. The van der Waals surface area contributed by atoms with Crippen LogP contribution in [0.25, 0.3) is 0 Å². The molecule has 0 radical (unpaired) electrons. The number of hydrogen-bond acceptors (Lipinski definition) is 3. The zero-order chi connectivity index (χ0) is 10.6. The van der Waals surface area contributed by atoms with Crippen molar-refractivity contribution < 1.29 is 18.3 Å². The first kappa shape index (κ1) is 12.3. The molecule has 13 heavy (non-hydrogen) atoms.